The Morgan fingerprint density at radius 1 is 1.10 bits per heavy atom. The van der Waals surface area contributed by atoms with Crippen molar-refractivity contribution < 1.29 is 9.13 Å². The molecule has 2 rings (SSSR count). The Morgan fingerprint density at radius 2 is 1.90 bits per heavy atom. The van der Waals surface area contributed by atoms with Crippen LogP contribution < -0.4 is 4.74 Å². The molecular weight excluding hydrogens is 298 g/mol. The molecule has 0 aliphatic heterocycles. The van der Waals surface area contributed by atoms with E-state index < -0.39 is 5.82 Å². The number of benzene rings is 2. The van der Waals surface area contributed by atoms with Gasteiger partial charge < -0.3 is 4.74 Å². The van der Waals surface area contributed by atoms with Crippen molar-refractivity contribution in [1.82, 2.24) is 0 Å². The molecule has 102 valence electrons. The molecule has 0 saturated carbocycles. The Bertz CT molecular complexity index is 659. The van der Waals surface area contributed by atoms with Crippen molar-refractivity contribution in [1.29, 1.82) is 0 Å². The molecule has 0 aliphatic rings. The van der Waals surface area contributed by atoms with E-state index in [0.717, 1.165) is 5.56 Å². The molecule has 1 nitrogen and oxygen atoms in total. The average Bonchev–Trinajstić information content (AvgIpc) is 2.47. The summed E-state index contributed by atoms with van der Waals surface area (Å²) >= 11 is 11.4. The maximum Gasteiger partial charge on any atom is 0.142 e. The summed E-state index contributed by atoms with van der Waals surface area (Å²) in [5.74, 6) is 6.10. The van der Waals surface area contributed by atoms with E-state index in [9.17, 15) is 4.39 Å². The third-order valence-corrected chi connectivity index (χ3v) is 3.15. The van der Waals surface area contributed by atoms with Gasteiger partial charge in [-0.15, -0.1) is 11.6 Å². The molecule has 4 heteroatoms. The van der Waals surface area contributed by atoms with E-state index in [1.807, 2.05) is 18.2 Å². The molecule has 0 radical (unpaired) electrons. The molecule has 0 amide bonds. The molecule has 0 spiro atoms. The minimum atomic E-state index is -0.456. The first-order valence-electron chi connectivity index (χ1n) is 5.92. The van der Waals surface area contributed by atoms with Gasteiger partial charge in [-0.25, -0.2) is 4.39 Å². The van der Waals surface area contributed by atoms with E-state index in [-0.39, 0.29) is 17.5 Å². The van der Waals surface area contributed by atoms with Crippen LogP contribution in [0.4, 0.5) is 4.39 Å². The fourth-order valence-corrected chi connectivity index (χ4v) is 1.89. The molecule has 0 bridgehead atoms. The molecule has 2 aromatic rings. The van der Waals surface area contributed by atoms with Crippen molar-refractivity contribution in [3.63, 3.8) is 0 Å². The van der Waals surface area contributed by atoms with Crippen LogP contribution in [0.25, 0.3) is 0 Å². The lowest BCUT2D eigenvalue weighted by Crippen LogP contribution is -1.99. The molecule has 0 heterocycles. The van der Waals surface area contributed by atoms with Crippen molar-refractivity contribution >= 4 is 23.2 Å². The second-order valence-corrected chi connectivity index (χ2v) is 4.58. The van der Waals surface area contributed by atoms with Gasteiger partial charge in [0.15, 0.2) is 0 Å². The van der Waals surface area contributed by atoms with Crippen molar-refractivity contribution in [2.24, 2.45) is 0 Å². The van der Waals surface area contributed by atoms with E-state index in [1.165, 1.54) is 6.07 Å². The zero-order valence-corrected chi connectivity index (χ0v) is 12.0. The van der Waals surface area contributed by atoms with E-state index in [2.05, 4.69) is 11.8 Å². The van der Waals surface area contributed by atoms with E-state index in [0.29, 0.717) is 11.3 Å². The van der Waals surface area contributed by atoms with E-state index in [1.54, 1.807) is 18.2 Å². The van der Waals surface area contributed by atoms with Crippen LogP contribution in [0.1, 0.15) is 11.1 Å². The van der Waals surface area contributed by atoms with Gasteiger partial charge in [0.1, 0.15) is 18.2 Å². The van der Waals surface area contributed by atoms with Gasteiger partial charge in [0.25, 0.3) is 0 Å². The summed E-state index contributed by atoms with van der Waals surface area (Å²) in [7, 11) is 0. The summed E-state index contributed by atoms with van der Waals surface area (Å²) < 4.78 is 19.0. The van der Waals surface area contributed by atoms with Crippen molar-refractivity contribution in [2.45, 2.75) is 6.61 Å². The van der Waals surface area contributed by atoms with Crippen LogP contribution in [-0.4, -0.2) is 5.88 Å². The SMILES string of the molecule is Fc1cccc(COc2ccccc2C#CCCl)c1Cl. The van der Waals surface area contributed by atoms with Gasteiger partial charge in [-0.1, -0.05) is 47.7 Å². The quantitative estimate of drug-likeness (QED) is 0.592. The van der Waals surface area contributed by atoms with Gasteiger partial charge in [0.05, 0.1) is 16.5 Å². The number of ether oxygens (including phenoxy) is 1. The van der Waals surface area contributed by atoms with Crippen molar-refractivity contribution in [3.8, 4) is 17.6 Å². The topological polar surface area (TPSA) is 9.23 Å². The lowest BCUT2D eigenvalue weighted by Gasteiger charge is -2.09. The van der Waals surface area contributed by atoms with E-state index in [4.69, 9.17) is 27.9 Å². The number of para-hydroxylation sites is 1. The van der Waals surface area contributed by atoms with Crippen LogP contribution >= 0.6 is 23.2 Å². The first-order valence-corrected chi connectivity index (χ1v) is 6.83. The summed E-state index contributed by atoms with van der Waals surface area (Å²) in [4.78, 5) is 0. The number of alkyl halides is 1. The molecule has 0 N–H and O–H groups in total. The Kier molecular flexibility index (Phi) is 5.29. The highest BCUT2D eigenvalue weighted by molar-refractivity contribution is 6.31. The monoisotopic (exact) mass is 308 g/mol. The zero-order chi connectivity index (χ0) is 14.4. The van der Waals surface area contributed by atoms with Gasteiger partial charge in [-0.2, -0.15) is 0 Å². The lowest BCUT2D eigenvalue weighted by atomic mass is 10.2. The zero-order valence-electron chi connectivity index (χ0n) is 10.5. The predicted molar refractivity (Wildman–Crippen MR) is 79.8 cm³/mol. The van der Waals surface area contributed by atoms with Crippen LogP contribution in [-0.2, 0) is 6.61 Å². The smallest absolute Gasteiger partial charge is 0.142 e. The third kappa shape index (κ3) is 3.66. The summed E-state index contributed by atoms with van der Waals surface area (Å²) in [6.45, 7) is 0.177. The Morgan fingerprint density at radius 3 is 2.70 bits per heavy atom. The van der Waals surface area contributed by atoms with Gasteiger partial charge in [-0.3, -0.25) is 0 Å². The Hall–Kier alpha value is -1.69. The van der Waals surface area contributed by atoms with Crippen molar-refractivity contribution in [3.05, 3.63) is 64.4 Å². The molecule has 2 aromatic carbocycles. The summed E-state index contributed by atoms with van der Waals surface area (Å²) in [5.41, 5.74) is 1.33. The molecule has 0 atom stereocenters. The highest BCUT2D eigenvalue weighted by Gasteiger charge is 2.07. The minimum Gasteiger partial charge on any atom is -0.488 e. The molecule has 0 saturated heterocycles. The maximum atomic E-state index is 13.3. The summed E-state index contributed by atoms with van der Waals surface area (Å²) in [5, 5.41) is 0.0804. The number of halogens is 3. The van der Waals surface area contributed by atoms with Crippen molar-refractivity contribution in [2.75, 3.05) is 5.88 Å². The fraction of sp³-hybridized carbons (Fsp3) is 0.125. The van der Waals surface area contributed by atoms with Crippen LogP contribution in [0, 0.1) is 17.7 Å². The Balaban J connectivity index is 2.17. The largest absolute Gasteiger partial charge is 0.488 e. The molecule has 0 aliphatic carbocycles. The Labute approximate surface area is 127 Å². The average molecular weight is 309 g/mol. The second kappa shape index (κ2) is 7.19. The van der Waals surface area contributed by atoms with Gasteiger partial charge >= 0.3 is 0 Å². The highest BCUT2D eigenvalue weighted by Crippen LogP contribution is 2.23. The lowest BCUT2D eigenvalue weighted by molar-refractivity contribution is 0.305. The standard InChI is InChI=1S/C16H11Cl2FO/c17-10-4-7-12-5-1-2-9-15(12)20-11-13-6-3-8-14(19)16(13)18/h1-3,5-6,8-9H,10-11H2. The highest BCUT2D eigenvalue weighted by atomic mass is 35.5. The molecular formula is C16H11Cl2FO. The van der Waals surface area contributed by atoms with E-state index >= 15 is 0 Å². The van der Waals surface area contributed by atoms with Gasteiger partial charge in [0.2, 0.25) is 0 Å². The van der Waals surface area contributed by atoms with Crippen LogP contribution in [0.3, 0.4) is 0 Å². The van der Waals surface area contributed by atoms with Gasteiger partial charge in [-0.05, 0) is 18.2 Å². The summed E-state index contributed by atoms with van der Waals surface area (Å²) in [6, 6.07) is 12.0. The van der Waals surface area contributed by atoms with Crippen LogP contribution in [0.5, 0.6) is 5.75 Å². The number of hydrogen-bond donors (Lipinski definition) is 0. The molecule has 0 fully saturated rings. The number of hydrogen-bond acceptors (Lipinski definition) is 1. The summed E-state index contributed by atoms with van der Waals surface area (Å²) in [6.07, 6.45) is 0. The minimum absolute atomic E-state index is 0.0804. The number of rotatable bonds is 3. The van der Waals surface area contributed by atoms with Crippen LogP contribution in [0.2, 0.25) is 5.02 Å². The third-order valence-electron chi connectivity index (χ3n) is 2.59. The van der Waals surface area contributed by atoms with Gasteiger partial charge in [0, 0.05) is 5.56 Å². The normalized spacial score (nSPS) is 9.75. The fourth-order valence-electron chi connectivity index (χ4n) is 1.64. The maximum absolute atomic E-state index is 13.3. The first-order chi connectivity index (χ1) is 9.72. The van der Waals surface area contributed by atoms with Crippen LogP contribution in [0.15, 0.2) is 42.5 Å². The second-order valence-electron chi connectivity index (χ2n) is 3.93. The molecule has 0 unspecified atom stereocenters. The predicted octanol–water partition coefficient (Wildman–Crippen LogP) is 4.65. The first kappa shape index (κ1) is 14.7. The molecule has 20 heavy (non-hydrogen) atoms. The molecule has 0 aromatic heterocycles.